The van der Waals surface area contributed by atoms with Gasteiger partial charge in [-0.3, -0.25) is 29.4 Å². The molecule has 12 rings (SSSR count). The second-order valence-corrected chi connectivity index (χ2v) is 20.3. The lowest BCUT2D eigenvalue weighted by atomic mass is 9.91. The van der Waals surface area contributed by atoms with Gasteiger partial charge in [0.05, 0.1) is 67.5 Å². The minimum atomic E-state index is -0.218. The van der Waals surface area contributed by atoms with Gasteiger partial charge >= 0.3 is 0 Å². The molecule has 362 valence electrons. The van der Waals surface area contributed by atoms with Crippen LogP contribution in [0.5, 0.6) is 11.5 Å². The summed E-state index contributed by atoms with van der Waals surface area (Å²) in [6, 6.07) is 18.2. The van der Waals surface area contributed by atoms with Crippen LogP contribution in [0.3, 0.4) is 0 Å². The number of phenolic OH excluding ortho intramolecular Hbond substituents is 2. The first-order valence-corrected chi connectivity index (χ1v) is 25.7. The zero-order chi connectivity index (χ0) is 48.0. The fourth-order valence-electron chi connectivity index (χ4n) is 11.1. The predicted molar refractivity (Wildman–Crippen MR) is 275 cm³/mol. The van der Waals surface area contributed by atoms with Crippen molar-refractivity contribution in [2.45, 2.75) is 37.5 Å². The number of benzene rings is 3. The number of piperidine rings is 2. The molecule has 4 saturated heterocycles. The van der Waals surface area contributed by atoms with Gasteiger partial charge in [0.15, 0.2) is 0 Å². The maximum Gasteiger partial charge on any atom is 0.257 e. The zero-order valence-electron chi connectivity index (χ0n) is 39.5. The molecule has 18 heteroatoms. The van der Waals surface area contributed by atoms with Crippen LogP contribution in [0.25, 0.3) is 43.1 Å². The fraction of sp³-hybridized carbons (Fsp3) is 0.377. The van der Waals surface area contributed by atoms with Crippen molar-refractivity contribution in [3.8, 4) is 11.5 Å². The number of aromatic hydroxyl groups is 2. The first-order chi connectivity index (χ1) is 34.8. The second-order valence-electron chi connectivity index (χ2n) is 19.4. The molecule has 0 unspecified atom stereocenters. The van der Waals surface area contributed by atoms with E-state index >= 15 is 0 Å². The van der Waals surface area contributed by atoms with Crippen molar-refractivity contribution in [1.29, 1.82) is 0 Å². The van der Waals surface area contributed by atoms with Gasteiger partial charge < -0.3 is 29.8 Å². The van der Waals surface area contributed by atoms with Gasteiger partial charge in [-0.25, -0.2) is 24.9 Å². The molecule has 4 fully saturated rings. The number of likely N-dealkylation sites (tertiary alicyclic amines) is 2. The average molecular weight is 970 g/mol. The van der Waals surface area contributed by atoms with Gasteiger partial charge in [-0.2, -0.15) is 0 Å². The van der Waals surface area contributed by atoms with Crippen molar-refractivity contribution in [2.24, 2.45) is 0 Å². The van der Waals surface area contributed by atoms with E-state index in [1.807, 2.05) is 41.0 Å². The van der Waals surface area contributed by atoms with Crippen molar-refractivity contribution in [3.63, 3.8) is 0 Å². The highest BCUT2D eigenvalue weighted by Crippen LogP contribution is 2.35. The molecule has 8 aromatic rings. The van der Waals surface area contributed by atoms with Crippen LogP contribution in [0.15, 0.2) is 91.2 Å². The highest BCUT2D eigenvalue weighted by atomic mass is 32.1. The number of amides is 2. The maximum atomic E-state index is 13.5. The SMILES string of the molecule is O=C(c1ccc2ncsc2c1)N1CCC(c2ncnc3cc(N4CCN(CCN5CCN(c6cnc7c(C8CCN(C(=O)c9cc%10cc(O)ccc%10cc9O)CC8)ncnc7c6)CC5)CC4)cnc23)CC1. The Labute approximate surface area is 414 Å². The topological polar surface area (TPSA) is 184 Å². The summed E-state index contributed by atoms with van der Waals surface area (Å²) < 4.78 is 1.03. The Morgan fingerprint density at radius 1 is 0.535 bits per heavy atom. The summed E-state index contributed by atoms with van der Waals surface area (Å²) in [5.41, 5.74) is 11.2. The number of aromatic nitrogens is 7. The van der Waals surface area contributed by atoms with E-state index in [9.17, 15) is 19.8 Å². The van der Waals surface area contributed by atoms with Gasteiger partial charge in [-0.05, 0) is 91.1 Å². The van der Waals surface area contributed by atoms with Crippen molar-refractivity contribution in [2.75, 3.05) is 101 Å². The fourth-order valence-corrected chi connectivity index (χ4v) is 11.8. The zero-order valence-corrected chi connectivity index (χ0v) is 40.3. The lowest BCUT2D eigenvalue weighted by Gasteiger charge is -2.39. The molecule has 9 heterocycles. The number of pyridine rings is 2. The van der Waals surface area contributed by atoms with Crippen LogP contribution in [0.2, 0.25) is 0 Å². The Morgan fingerprint density at radius 2 is 1.10 bits per heavy atom. The molecule has 2 N–H and O–H groups in total. The number of thiazole rings is 1. The Kier molecular flexibility index (Phi) is 12.2. The molecule has 3 aromatic carbocycles. The van der Waals surface area contributed by atoms with Crippen LogP contribution in [0, 0.1) is 0 Å². The van der Waals surface area contributed by atoms with E-state index in [4.69, 9.17) is 19.9 Å². The molecule has 4 aliphatic rings. The van der Waals surface area contributed by atoms with E-state index in [-0.39, 0.29) is 40.7 Å². The number of phenols is 2. The number of anilines is 2. The molecule has 71 heavy (non-hydrogen) atoms. The molecule has 5 aromatic heterocycles. The molecule has 0 bridgehead atoms. The lowest BCUT2D eigenvalue weighted by Crippen LogP contribution is -2.51. The molecule has 0 saturated carbocycles. The van der Waals surface area contributed by atoms with Gasteiger partial charge in [0.2, 0.25) is 0 Å². The Balaban J connectivity index is 0.596. The van der Waals surface area contributed by atoms with Gasteiger partial charge in [-0.15, -0.1) is 11.3 Å². The van der Waals surface area contributed by atoms with E-state index < -0.39 is 0 Å². The van der Waals surface area contributed by atoms with Crippen LogP contribution in [0.4, 0.5) is 11.4 Å². The Morgan fingerprint density at radius 3 is 1.68 bits per heavy atom. The van der Waals surface area contributed by atoms with Crippen molar-refractivity contribution in [1.82, 2.24) is 54.5 Å². The van der Waals surface area contributed by atoms with Crippen LogP contribution < -0.4 is 9.80 Å². The molecule has 0 spiro atoms. The van der Waals surface area contributed by atoms with Gasteiger partial charge in [0.1, 0.15) is 35.2 Å². The Bertz CT molecular complexity index is 3290. The number of hydrogen-bond acceptors (Lipinski definition) is 16. The third-order valence-electron chi connectivity index (χ3n) is 15.3. The summed E-state index contributed by atoms with van der Waals surface area (Å²) in [4.78, 5) is 73.6. The largest absolute Gasteiger partial charge is 0.508 e. The number of carbonyl (C=O) groups is 2. The van der Waals surface area contributed by atoms with E-state index in [1.54, 1.807) is 59.2 Å². The second kappa shape index (κ2) is 19.2. The summed E-state index contributed by atoms with van der Waals surface area (Å²) in [5.74, 6) is 0.268. The maximum absolute atomic E-state index is 13.5. The van der Waals surface area contributed by atoms with Gasteiger partial charge in [0.25, 0.3) is 11.8 Å². The average Bonchev–Trinajstić information content (AvgIpc) is 3.90. The minimum absolute atomic E-state index is 0.0601. The van der Waals surface area contributed by atoms with E-state index in [0.717, 1.165) is 157 Å². The standard InChI is InChI=1S/C53H55N13O4S/c67-41-3-1-36-25-46(68)42(24-38(36)23-41)53(70)66-11-7-35(8-12-66)49-51-45(57-32-59-49)28-40(30-55-51)64-21-17-62(18-22-64)14-13-61-15-19-63(20-16-61)39-27-44-50(54-29-39)48(58-31-56-44)34-5-9-65(10-6-34)52(69)37-2-4-43-47(26-37)71-33-60-43/h1-4,23-35,67-68H,5-22H2. The predicted octanol–water partition coefficient (Wildman–Crippen LogP) is 6.52. The van der Waals surface area contributed by atoms with Gasteiger partial charge in [0, 0.05) is 109 Å². The number of rotatable bonds is 9. The third-order valence-corrected chi connectivity index (χ3v) is 16.1. The monoisotopic (exact) mass is 969 g/mol. The molecule has 0 radical (unpaired) electrons. The van der Waals surface area contributed by atoms with Crippen molar-refractivity contribution >= 4 is 77.6 Å². The van der Waals surface area contributed by atoms with Crippen molar-refractivity contribution in [3.05, 3.63) is 114 Å². The van der Waals surface area contributed by atoms with Crippen LogP contribution in [0.1, 0.15) is 69.6 Å². The van der Waals surface area contributed by atoms with E-state index in [0.29, 0.717) is 31.6 Å². The molecule has 4 aliphatic heterocycles. The van der Waals surface area contributed by atoms with Crippen LogP contribution >= 0.6 is 11.3 Å². The first kappa shape index (κ1) is 45.0. The van der Waals surface area contributed by atoms with Crippen LogP contribution in [-0.4, -0.2) is 168 Å². The summed E-state index contributed by atoms with van der Waals surface area (Å²) in [7, 11) is 0. The highest BCUT2D eigenvalue weighted by Gasteiger charge is 2.31. The van der Waals surface area contributed by atoms with Crippen LogP contribution in [-0.2, 0) is 0 Å². The quantitative estimate of drug-likeness (QED) is 0.159. The summed E-state index contributed by atoms with van der Waals surface area (Å²) in [6.45, 7) is 12.2. The molecule has 2 amide bonds. The summed E-state index contributed by atoms with van der Waals surface area (Å²) in [5, 5.41) is 22.1. The molecular formula is C53H55N13O4S. The third kappa shape index (κ3) is 9.11. The number of hydrogen-bond donors (Lipinski definition) is 2. The molecule has 0 aliphatic carbocycles. The molecule has 0 atom stereocenters. The van der Waals surface area contributed by atoms with Gasteiger partial charge in [-0.1, -0.05) is 6.07 Å². The molecular weight excluding hydrogens is 915 g/mol. The van der Waals surface area contributed by atoms with E-state index in [1.165, 1.54) is 0 Å². The number of fused-ring (bicyclic) bond motifs is 4. The molecule has 17 nitrogen and oxygen atoms in total. The smallest absolute Gasteiger partial charge is 0.257 e. The number of nitrogens with zero attached hydrogens (tertiary/aromatic N) is 13. The minimum Gasteiger partial charge on any atom is -0.508 e. The summed E-state index contributed by atoms with van der Waals surface area (Å²) >= 11 is 1.56. The highest BCUT2D eigenvalue weighted by molar-refractivity contribution is 7.16. The van der Waals surface area contributed by atoms with Crippen molar-refractivity contribution < 1.29 is 19.8 Å². The normalized spacial score (nSPS) is 18.1. The summed E-state index contributed by atoms with van der Waals surface area (Å²) in [6.07, 6.45) is 10.4. The lowest BCUT2D eigenvalue weighted by molar-refractivity contribution is 0.0703. The first-order valence-electron chi connectivity index (χ1n) is 24.8. The van der Waals surface area contributed by atoms with E-state index in [2.05, 4.69) is 46.7 Å². The number of carbonyl (C=O) groups excluding carboxylic acids is 2. The number of piperazine rings is 2. The Hall–Kier alpha value is -7.15.